The van der Waals surface area contributed by atoms with Gasteiger partial charge in [0.25, 0.3) is 5.91 Å². The van der Waals surface area contributed by atoms with Crippen molar-refractivity contribution in [1.29, 1.82) is 0 Å². The summed E-state index contributed by atoms with van der Waals surface area (Å²) in [6, 6.07) is 13.4. The van der Waals surface area contributed by atoms with Crippen molar-refractivity contribution in [3.05, 3.63) is 59.2 Å². The van der Waals surface area contributed by atoms with Crippen LogP contribution in [0.4, 0.5) is 5.69 Å². The molecule has 2 aromatic rings. The van der Waals surface area contributed by atoms with E-state index < -0.39 is 0 Å². The molecule has 4 heteroatoms. The maximum Gasteiger partial charge on any atom is 0.262 e. The number of aryl methyl sites for hydroxylation is 2. The molecule has 0 aliphatic rings. The molecule has 0 radical (unpaired) electrons. The van der Waals surface area contributed by atoms with Gasteiger partial charge in [-0.1, -0.05) is 24.3 Å². The number of anilines is 1. The normalized spacial score (nSPS) is 10.4. The number of nitrogens with one attached hydrogen (secondary N) is 1. The van der Waals surface area contributed by atoms with E-state index in [0.717, 1.165) is 16.8 Å². The second kappa shape index (κ2) is 8.34. The highest BCUT2D eigenvalue weighted by Crippen LogP contribution is 2.18. The molecule has 0 heterocycles. The average molecular weight is 313 g/mol. The first-order chi connectivity index (χ1) is 11.1. The van der Waals surface area contributed by atoms with Gasteiger partial charge in [0.1, 0.15) is 5.75 Å². The van der Waals surface area contributed by atoms with Crippen molar-refractivity contribution in [2.24, 2.45) is 0 Å². The summed E-state index contributed by atoms with van der Waals surface area (Å²) in [5, 5.41) is 2.87. The second-order valence-corrected chi connectivity index (χ2v) is 5.38. The highest BCUT2D eigenvalue weighted by molar-refractivity contribution is 5.92. The minimum Gasteiger partial charge on any atom is -0.484 e. The topological polar surface area (TPSA) is 47.6 Å². The van der Waals surface area contributed by atoms with Gasteiger partial charge in [0.2, 0.25) is 0 Å². The SMILES string of the molecule is CCOCc1ccccc1NC(=O)COc1ccc(C)c(C)c1. The number of benzene rings is 2. The highest BCUT2D eigenvalue weighted by Gasteiger charge is 2.08. The maximum absolute atomic E-state index is 12.1. The highest BCUT2D eigenvalue weighted by atomic mass is 16.5. The summed E-state index contributed by atoms with van der Waals surface area (Å²) in [6.45, 7) is 7.10. The molecule has 0 spiro atoms. The third kappa shape index (κ3) is 5.11. The third-order valence-electron chi connectivity index (χ3n) is 3.60. The molecule has 0 aliphatic heterocycles. The fraction of sp³-hybridized carbons (Fsp3) is 0.316. The second-order valence-electron chi connectivity index (χ2n) is 5.38. The number of amides is 1. The summed E-state index contributed by atoms with van der Waals surface area (Å²) in [7, 11) is 0. The zero-order chi connectivity index (χ0) is 16.7. The Hall–Kier alpha value is -2.33. The maximum atomic E-state index is 12.1. The summed E-state index contributed by atoms with van der Waals surface area (Å²) >= 11 is 0. The smallest absolute Gasteiger partial charge is 0.262 e. The van der Waals surface area contributed by atoms with E-state index in [2.05, 4.69) is 5.32 Å². The Morgan fingerprint density at radius 2 is 1.87 bits per heavy atom. The Morgan fingerprint density at radius 1 is 1.09 bits per heavy atom. The van der Waals surface area contributed by atoms with Crippen molar-refractivity contribution >= 4 is 11.6 Å². The van der Waals surface area contributed by atoms with Crippen molar-refractivity contribution in [1.82, 2.24) is 0 Å². The molecule has 0 saturated heterocycles. The van der Waals surface area contributed by atoms with E-state index in [-0.39, 0.29) is 12.5 Å². The summed E-state index contributed by atoms with van der Waals surface area (Å²) in [6.07, 6.45) is 0. The van der Waals surface area contributed by atoms with Gasteiger partial charge >= 0.3 is 0 Å². The molecule has 0 bridgehead atoms. The number of rotatable bonds is 7. The Balaban J connectivity index is 1.93. The lowest BCUT2D eigenvalue weighted by Gasteiger charge is -2.12. The summed E-state index contributed by atoms with van der Waals surface area (Å²) in [5.74, 6) is 0.512. The number of carbonyl (C=O) groups is 1. The molecular weight excluding hydrogens is 290 g/mol. The minimum atomic E-state index is -0.188. The van der Waals surface area contributed by atoms with Gasteiger partial charge in [0.15, 0.2) is 6.61 Å². The van der Waals surface area contributed by atoms with Crippen molar-refractivity contribution in [3.8, 4) is 5.75 Å². The van der Waals surface area contributed by atoms with E-state index in [1.54, 1.807) is 0 Å². The number of carbonyl (C=O) groups excluding carboxylic acids is 1. The first-order valence-corrected chi connectivity index (χ1v) is 7.75. The molecule has 23 heavy (non-hydrogen) atoms. The average Bonchev–Trinajstić information content (AvgIpc) is 2.55. The third-order valence-corrected chi connectivity index (χ3v) is 3.60. The van der Waals surface area contributed by atoms with Gasteiger partial charge in [0, 0.05) is 17.9 Å². The molecule has 2 rings (SSSR count). The number of ether oxygens (including phenoxy) is 2. The van der Waals surface area contributed by atoms with E-state index in [1.165, 1.54) is 5.56 Å². The monoisotopic (exact) mass is 313 g/mol. The largest absolute Gasteiger partial charge is 0.484 e. The molecule has 0 aliphatic carbocycles. The van der Waals surface area contributed by atoms with Crippen LogP contribution in [0.1, 0.15) is 23.6 Å². The van der Waals surface area contributed by atoms with Crippen LogP contribution in [0.15, 0.2) is 42.5 Å². The minimum absolute atomic E-state index is 0.0224. The Kier molecular flexibility index (Phi) is 6.18. The lowest BCUT2D eigenvalue weighted by atomic mass is 10.1. The van der Waals surface area contributed by atoms with Gasteiger partial charge in [-0.3, -0.25) is 4.79 Å². The van der Waals surface area contributed by atoms with Crippen LogP contribution in [-0.4, -0.2) is 19.1 Å². The van der Waals surface area contributed by atoms with Crippen LogP contribution in [0.2, 0.25) is 0 Å². The Morgan fingerprint density at radius 3 is 2.61 bits per heavy atom. The molecule has 122 valence electrons. The number of hydrogen-bond acceptors (Lipinski definition) is 3. The van der Waals surface area contributed by atoms with Gasteiger partial charge in [0.05, 0.1) is 6.61 Å². The Bertz CT molecular complexity index is 667. The summed E-state index contributed by atoms with van der Waals surface area (Å²) in [4.78, 5) is 12.1. The molecular formula is C19H23NO3. The van der Waals surface area contributed by atoms with Crippen LogP contribution < -0.4 is 10.1 Å². The van der Waals surface area contributed by atoms with E-state index in [0.29, 0.717) is 19.0 Å². The van der Waals surface area contributed by atoms with Gasteiger partial charge in [-0.15, -0.1) is 0 Å². The predicted molar refractivity (Wildman–Crippen MR) is 91.8 cm³/mol. The van der Waals surface area contributed by atoms with Gasteiger partial charge in [-0.05, 0) is 50.1 Å². The quantitative estimate of drug-likeness (QED) is 0.844. The molecule has 0 saturated carbocycles. The molecule has 1 amide bonds. The molecule has 2 aromatic carbocycles. The molecule has 4 nitrogen and oxygen atoms in total. The van der Waals surface area contributed by atoms with Crippen LogP contribution in [0.5, 0.6) is 5.75 Å². The van der Waals surface area contributed by atoms with E-state index in [1.807, 2.05) is 63.2 Å². The van der Waals surface area contributed by atoms with Gasteiger partial charge in [-0.2, -0.15) is 0 Å². The first kappa shape index (κ1) is 17.0. The van der Waals surface area contributed by atoms with Crippen LogP contribution >= 0.6 is 0 Å². The van der Waals surface area contributed by atoms with Crippen LogP contribution in [0.25, 0.3) is 0 Å². The molecule has 0 atom stereocenters. The lowest BCUT2D eigenvalue weighted by molar-refractivity contribution is -0.118. The zero-order valence-corrected chi connectivity index (χ0v) is 13.9. The molecule has 0 fully saturated rings. The van der Waals surface area contributed by atoms with Crippen LogP contribution in [-0.2, 0) is 16.1 Å². The van der Waals surface area contributed by atoms with Crippen LogP contribution in [0, 0.1) is 13.8 Å². The fourth-order valence-corrected chi connectivity index (χ4v) is 2.12. The first-order valence-electron chi connectivity index (χ1n) is 7.75. The van der Waals surface area contributed by atoms with Crippen molar-refractivity contribution in [2.75, 3.05) is 18.5 Å². The number of hydrogen-bond donors (Lipinski definition) is 1. The van der Waals surface area contributed by atoms with Gasteiger partial charge in [-0.25, -0.2) is 0 Å². The van der Waals surface area contributed by atoms with E-state index in [9.17, 15) is 4.79 Å². The van der Waals surface area contributed by atoms with Crippen molar-refractivity contribution in [3.63, 3.8) is 0 Å². The standard InChI is InChI=1S/C19H23NO3/c1-4-22-12-16-7-5-6-8-18(16)20-19(21)13-23-17-10-9-14(2)15(3)11-17/h5-11H,4,12-13H2,1-3H3,(H,20,21). The summed E-state index contributed by atoms with van der Waals surface area (Å²) < 4.78 is 11.0. The van der Waals surface area contributed by atoms with Crippen molar-refractivity contribution < 1.29 is 14.3 Å². The van der Waals surface area contributed by atoms with Crippen LogP contribution in [0.3, 0.4) is 0 Å². The van der Waals surface area contributed by atoms with E-state index >= 15 is 0 Å². The lowest BCUT2D eigenvalue weighted by Crippen LogP contribution is -2.21. The van der Waals surface area contributed by atoms with E-state index in [4.69, 9.17) is 9.47 Å². The molecule has 1 N–H and O–H groups in total. The predicted octanol–water partition coefficient (Wildman–Crippen LogP) is 3.86. The Labute approximate surface area is 137 Å². The number of para-hydroxylation sites is 1. The zero-order valence-electron chi connectivity index (χ0n) is 13.9. The van der Waals surface area contributed by atoms with Gasteiger partial charge < -0.3 is 14.8 Å². The summed E-state index contributed by atoms with van der Waals surface area (Å²) in [5.41, 5.74) is 4.06. The van der Waals surface area contributed by atoms with Crippen molar-refractivity contribution in [2.45, 2.75) is 27.4 Å². The molecule has 0 aromatic heterocycles. The molecule has 0 unspecified atom stereocenters. The fourth-order valence-electron chi connectivity index (χ4n) is 2.12.